The van der Waals surface area contributed by atoms with Gasteiger partial charge >= 0.3 is 11.9 Å². The summed E-state index contributed by atoms with van der Waals surface area (Å²) in [6.45, 7) is 0.807. The third-order valence-corrected chi connectivity index (χ3v) is 3.09. The summed E-state index contributed by atoms with van der Waals surface area (Å²) in [6, 6.07) is -3.56. The summed E-state index contributed by atoms with van der Waals surface area (Å²) in [5.74, 6) is -4.95. The van der Waals surface area contributed by atoms with Gasteiger partial charge in [0.05, 0.1) is 19.0 Å². The summed E-state index contributed by atoms with van der Waals surface area (Å²) in [4.78, 5) is 55.9. The third-order valence-electron chi connectivity index (χ3n) is 2.72. The van der Waals surface area contributed by atoms with Crippen molar-refractivity contribution in [1.29, 1.82) is 0 Å². The van der Waals surface area contributed by atoms with Gasteiger partial charge in [0.2, 0.25) is 17.7 Å². The van der Waals surface area contributed by atoms with Gasteiger partial charge in [-0.1, -0.05) is 0 Å². The van der Waals surface area contributed by atoms with E-state index in [0.717, 1.165) is 0 Å². The molecular weight excluding hydrogens is 344 g/mol. The van der Waals surface area contributed by atoms with Crippen LogP contribution in [0.1, 0.15) is 13.3 Å². The highest BCUT2D eigenvalue weighted by atomic mass is 32.1. The first-order valence-corrected chi connectivity index (χ1v) is 7.40. The Morgan fingerprint density at radius 3 is 2.12 bits per heavy atom. The van der Waals surface area contributed by atoms with Crippen LogP contribution in [0.25, 0.3) is 0 Å². The van der Waals surface area contributed by atoms with Crippen LogP contribution in [0, 0.1) is 0 Å². The van der Waals surface area contributed by atoms with Crippen molar-refractivity contribution < 1.29 is 34.2 Å². The number of carboxylic acids is 2. The van der Waals surface area contributed by atoms with Gasteiger partial charge < -0.3 is 31.9 Å². The van der Waals surface area contributed by atoms with Crippen LogP contribution in [0.15, 0.2) is 0 Å². The molecule has 0 aliphatic rings. The van der Waals surface area contributed by atoms with Crippen LogP contribution in [0.5, 0.6) is 0 Å². The van der Waals surface area contributed by atoms with Crippen LogP contribution in [0.3, 0.4) is 0 Å². The second kappa shape index (κ2) is 10.4. The standard InChI is InChI=1S/C12H20N4O7S/c1-5(10(20)16-7(4-24)12(22)23)15-8(17)3-14-11(21)6(13)2-9(18)19/h5-7,24H,2-4,13H2,1H3,(H,14,21)(H,15,17)(H,16,20)(H,18,19)(H,22,23). The first kappa shape index (κ1) is 21.7. The maximum Gasteiger partial charge on any atom is 0.327 e. The lowest BCUT2D eigenvalue weighted by molar-refractivity contribution is -0.141. The fourth-order valence-corrected chi connectivity index (χ4v) is 1.67. The van der Waals surface area contributed by atoms with E-state index in [0.29, 0.717) is 0 Å². The first-order valence-electron chi connectivity index (χ1n) is 6.77. The average Bonchev–Trinajstić information content (AvgIpc) is 2.48. The van der Waals surface area contributed by atoms with E-state index >= 15 is 0 Å². The van der Waals surface area contributed by atoms with Gasteiger partial charge in [0.1, 0.15) is 12.1 Å². The van der Waals surface area contributed by atoms with Gasteiger partial charge in [-0.05, 0) is 6.92 Å². The summed E-state index contributed by atoms with van der Waals surface area (Å²) >= 11 is 3.78. The zero-order chi connectivity index (χ0) is 18.9. The summed E-state index contributed by atoms with van der Waals surface area (Å²) in [6.07, 6.45) is -0.591. The van der Waals surface area contributed by atoms with Gasteiger partial charge in [-0.2, -0.15) is 12.6 Å². The van der Waals surface area contributed by atoms with E-state index in [9.17, 15) is 24.0 Å². The molecule has 0 heterocycles. The van der Waals surface area contributed by atoms with Gasteiger partial charge in [0.15, 0.2) is 0 Å². The molecule has 0 radical (unpaired) electrons. The van der Waals surface area contributed by atoms with E-state index in [2.05, 4.69) is 28.6 Å². The molecule has 0 saturated carbocycles. The first-order chi connectivity index (χ1) is 11.1. The summed E-state index contributed by atoms with van der Waals surface area (Å²) in [5.41, 5.74) is 5.30. The third kappa shape index (κ3) is 8.33. The van der Waals surface area contributed by atoms with Crippen LogP contribution in [0.4, 0.5) is 0 Å². The summed E-state index contributed by atoms with van der Waals surface area (Å²) in [7, 11) is 0. The minimum Gasteiger partial charge on any atom is -0.481 e. The van der Waals surface area contributed by atoms with Crippen molar-refractivity contribution in [2.24, 2.45) is 5.73 Å². The van der Waals surface area contributed by atoms with Crippen molar-refractivity contribution in [1.82, 2.24) is 16.0 Å². The second-order valence-electron chi connectivity index (χ2n) is 4.79. The van der Waals surface area contributed by atoms with E-state index in [-0.39, 0.29) is 5.75 Å². The molecule has 3 unspecified atom stereocenters. The number of hydrogen-bond donors (Lipinski definition) is 7. The Morgan fingerprint density at radius 2 is 1.67 bits per heavy atom. The van der Waals surface area contributed by atoms with Crippen molar-refractivity contribution in [3.63, 3.8) is 0 Å². The molecule has 0 aromatic carbocycles. The van der Waals surface area contributed by atoms with E-state index in [1.54, 1.807) is 0 Å². The maximum absolute atomic E-state index is 11.7. The lowest BCUT2D eigenvalue weighted by Crippen LogP contribution is -2.53. The zero-order valence-corrected chi connectivity index (χ0v) is 13.7. The minimum absolute atomic E-state index is 0.126. The van der Waals surface area contributed by atoms with Crippen molar-refractivity contribution >= 4 is 42.3 Å². The topological polar surface area (TPSA) is 188 Å². The number of carboxylic acid groups (broad SMARTS) is 2. The van der Waals surface area contributed by atoms with Crippen LogP contribution in [-0.2, 0) is 24.0 Å². The number of aliphatic carboxylic acids is 2. The molecule has 24 heavy (non-hydrogen) atoms. The van der Waals surface area contributed by atoms with E-state index in [4.69, 9.17) is 15.9 Å². The Balaban J connectivity index is 4.31. The fraction of sp³-hybridized carbons (Fsp3) is 0.583. The molecule has 3 atom stereocenters. The Bertz CT molecular complexity index is 514. The fourth-order valence-electron chi connectivity index (χ4n) is 1.42. The van der Waals surface area contributed by atoms with Crippen LogP contribution in [0.2, 0.25) is 0 Å². The molecule has 136 valence electrons. The van der Waals surface area contributed by atoms with Gasteiger partial charge in [0, 0.05) is 5.75 Å². The number of nitrogens with one attached hydrogen (secondary N) is 3. The molecule has 0 spiro atoms. The molecule has 11 nitrogen and oxygen atoms in total. The van der Waals surface area contributed by atoms with Gasteiger partial charge in [-0.3, -0.25) is 19.2 Å². The summed E-state index contributed by atoms with van der Waals surface area (Å²) < 4.78 is 0. The molecule has 0 aliphatic carbocycles. The van der Waals surface area contributed by atoms with Crippen molar-refractivity contribution in [2.45, 2.75) is 31.5 Å². The Morgan fingerprint density at radius 1 is 1.08 bits per heavy atom. The second-order valence-corrected chi connectivity index (χ2v) is 5.16. The van der Waals surface area contributed by atoms with Crippen molar-refractivity contribution in [3.05, 3.63) is 0 Å². The molecule has 0 aromatic rings. The molecule has 0 bridgehead atoms. The van der Waals surface area contributed by atoms with Crippen LogP contribution >= 0.6 is 12.6 Å². The van der Waals surface area contributed by atoms with E-state index in [1.807, 2.05) is 0 Å². The minimum atomic E-state index is -1.30. The normalized spacial score (nSPS) is 14.0. The van der Waals surface area contributed by atoms with Crippen LogP contribution < -0.4 is 21.7 Å². The molecule has 0 aliphatic heterocycles. The highest BCUT2D eigenvalue weighted by Crippen LogP contribution is 1.92. The molecule has 3 amide bonds. The molecule has 0 fully saturated rings. The number of nitrogens with two attached hydrogens (primary N) is 1. The van der Waals surface area contributed by atoms with E-state index < -0.39 is 60.8 Å². The maximum atomic E-state index is 11.7. The number of carbonyl (C=O) groups excluding carboxylic acids is 3. The predicted octanol–water partition coefficient (Wildman–Crippen LogP) is -3.09. The Kier molecular flexibility index (Phi) is 9.42. The highest BCUT2D eigenvalue weighted by molar-refractivity contribution is 7.80. The molecule has 0 saturated heterocycles. The quantitative estimate of drug-likeness (QED) is 0.198. The highest BCUT2D eigenvalue weighted by Gasteiger charge is 2.23. The van der Waals surface area contributed by atoms with Crippen LogP contribution in [-0.4, -0.2) is 70.3 Å². The summed E-state index contributed by atoms with van der Waals surface area (Å²) in [5, 5.41) is 23.8. The molecular formula is C12H20N4O7S. The van der Waals surface area contributed by atoms with E-state index in [1.165, 1.54) is 6.92 Å². The predicted molar refractivity (Wildman–Crippen MR) is 84.3 cm³/mol. The number of amides is 3. The lowest BCUT2D eigenvalue weighted by Gasteiger charge is -2.17. The zero-order valence-electron chi connectivity index (χ0n) is 12.8. The molecule has 7 N–H and O–H groups in total. The van der Waals surface area contributed by atoms with Crippen molar-refractivity contribution in [2.75, 3.05) is 12.3 Å². The number of rotatable bonds is 10. The largest absolute Gasteiger partial charge is 0.481 e. The monoisotopic (exact) mass is 364 g/mol. The lowest BCUT2D eigenvalue weighted by atomic mass is 10.2. The van der Waals surface area contributed by atoms with Crippen molar-refractivity contribution in [3.8, 4) is 0 Å². The number of thiol groups is 1. The van der Waals surface area contributed by atoms with Gasteiger partial charge in [-0.15, -0.1) is 0 Å². The Labute approximate surface area is 142 Å². The number of carbonyl (C=O) groups is 5. The smallest absolute Gasteiger partial charge is 0.327 e. The SMILES string of the molecule is CC(NC(=O)CNC(=O)C(N)CC(=O)O)C(=O)NC(CS)C(=O)O. The molecule has 0 rings (SSSR count). The molecule has 0 aromatic heterocycles. The van der Waals surface area contributed by atoms with Gasteiger partial charge in [0.25, 0.3) is 0 Å². The Hall–Kier alpha value is -2.34. The number of hydrogen-bond acceptors (Lipinski definition) is 7. The van der Waals surface area contributed by atoms with Gasteiger partial charge in [-0.25, -0.2) is 4.79 Å². The average molecular weight is 364 g/mol. The molecule has 12 heteroatoms.